The van der Waals surface area contributed by atoms with E-state index in [0.717, 1.165) is 48.1 Å². The first-order chi connectivity index (χ1) is 15.0. The summed E-state index contributed by atoms with van der Waals surface area (Å²) in [4.78, 5) is 11.5. The number of halogens is 1. The molecule has 1 saturated carbocycles. The van der Waals surface area contributed by atoms with E-state index >= 15 is 0 Å². The quantitative estimate of drug-likeness (QED) is 0.465. The summed E-state index contributed by atoms with van der Waals surface area (Å²) < 4.78 is 0. The van der Waals surface area contributed by atoms with Crippen LogP contribution < -0.4 is 20.9 Å². The minimum Gasteiger partial charge on any atom is -0.362 e. The maximum Gasteiger partial charge on any atom is 0.225 e. The molecule has 1 fully saturated rings. The summed E-state index contributed by atoms with van der Waals surface area (Å²) in [6.07, 6.45) is 4.14. The Morgan fingerprint density at radius 1 is 0.968 bits per heavy atom. The molecule has 31 heavy (non-hydrogen) atoms. The van der Waals surface area contributed by atoms with E-state index in [2.05, 4.69) is 22.0 Å². The molecule has 1 heterocycles. The molecule has 1 aromatic heterocycles. The number of hydrogen-bond acceptors (Lipinski definition) is 5. The van der Waals surface area contributed by atoms with E-state index in [9.17, 15) is 0 Å². The summed E-state index contributed by atoms with van der Waals surface area (Å²) in [5.74, 6) is 1.63. The number of thiocarbonyl (C=S) groups is 1. The molecule has 0 saturated heterocycles. The van der Waals surface area contributed by atoms with Crippen molar-refractivity contribution in [1.29, 1.82) is 0 Å². The lowest BCUT2D eigenvalue weighted by Crippen LogP contribution is -2.42. The number of rotatable bonds is 5. The van der Waals surface area contributed by atoms with Crippen molar-refractivity contribution in [2.24, 2.45) is 0 Å². The molecular weight excluding hydrogens is 428 g/mol. The lowest BCUT2D eigenvalue weighted by Gasteiger charge is -2.30. The van der Waals surface area contributed by atoms with Crippen LogP contribution in [0.4, 0.5) is 17.5 Å². The van der Waals surface area contributed by atoms with Crippen LogP contribution >= 0.6 is 23.8 Å². The number of nitrogens with zero attached hydrogens (tertiary/aromatic N) is 3. The predicted octanol–water partition coefficient (Wildman–Crippen LogP) is 5.06. The standard InChI is InChI=1S/C23H27ClN6S/c1-30(2)21-19-5-3-4-6-20(19)28-22(29-21)25-16-11-13-18(14-12-16)27-23(31)26-17-9-7-15(24)8-10-17/h3-10,16,18H,11-14H2,1-2H3,(H,25,28,29)(H2,26,27,31). The molecule has 3 aromatic rings. The minimum absolute atomic E-state index is 0.354. The van der Waals surface area contributed by atoms with Crippen molar-refractivity contribution >= 4 is 57.3 Å². The minimum atomic E-state index is 0.354. The first-order valence-electron chi connectivity index (χ1n) is 10.5. The fourth-order valence-corrected chi connectivity index (χ4v) is 4.33. The van der Waals surface area contributed by atoms with Gasteiger partial charge >= 0.3 is 0 Å². The molecule has 8 heteroatoms. The Bertz CT molecular complexity index is 1050. The molecule has 0 radical (unpaired) electrons. The van der Waals surface area contributed by atoms with Gasteiger partial charge in [0, 0.05) is 42.3 Å². The van der Waals surface area contributed by atoms with Crippen molar-refractivity contribution in [1.82, 2.24) is 15.3 Å². The average molecular weight is 455 g/mol. The first-order valence-corrected chi connectivity index (χ1v) is 11.3. The molecule has 0 amide bonds. The van der Waals surface area contributed by atoms with Gasteiger partial charge in [0.1, 0.15) is 5.82 Å². The Morgan fingerprint density at radius 2 is 1.65 bits per heavy atom. The van der Waals surface area contributed by atoms with Gasteiger partial charge in [0.2, 0.25) is 5.95 Å². The highest BCUT2D eigenvalue weighted by molar-refractivity contribution is 7.80. The molecule has 0 unspecified atom stereocenters. The van der Waals surface area contributed by atoms with Gasteiger partial charge in [-0.05, 0) is 74.3 Å². The number of aromatic nitrogens is 2. The summed E-state index contributed by atoms with van der Waals surface area (Å²) in [6.45, 7) is 0. The van der Waals surface area contributed by atoms with Gasteiger partial charge < -0.3 is 20.9 Å². The van der Waals surface area contributed by atoms with Crippen LogP contribution in [0.2, 0.25) is 5.02 Å². The molecular formula is C23H27ClN6S. The fourth-order valence-electron chi connectivity index (χ4n) is 3.92. The monoisotopic (exact) mass is 454 g/mol. The van der Waals surface area contributed by atoms with E-state index in [1.807, 2.05) is 61.5 Å². The largest absolute Gasteiger partial charge is 0.362 e. The van der Waals surface area contributed by atoms with Gasteiger partial charge in [-0.1, -0.05) is 23.7 Å². The summed E-state index contributed by atoms with van der Waals surface area (Å²) in [6, 6.07) is 16.4. The molecule has 1 aliphatic carbocycles. The number of nitrogens with one attached hydrogen (secondary N) is 3. The van der Waals surface area contributed by atoms with Crippen molar-refractivity contribution in [2.45, 2.75) is 37.8 Å². The lowest BCUT2D eigenvalue weighted by atomic mass is 9.91. The van der Waals surface area contributed by atoms with Crippen LogP contribution in [0.3, 0.4) is 0 Å². The SMILES string of the molecule is CN(C)c1nc(NC2CCC(NC(=S)Nc3ccc(Cl)cc3)CC2)nc2ccccc12. The van der Waals surface area contributed by atoms with Gasteiger partial charge in [-0.25, -0.2) is 4.98 Å². The van der Waals surface area contributed by atoms with Crippen molar-refractivity contribution < 1.29 is 0 Å². The van der Waals surface area contributed by atoms with Gasteiger partial charge in [-0.2, -0.15) is 4.98 Å². The van der Waals surface area contributed by atoms with E-state index in [0.29, 0.717) is 28.2 Å². The lowest BCUT2D eigenvalue weighted by molar-refractivity contribution is 0.387. The van der Waals surface area contributed by atoms with Crippen LogP contribution in [0.1, 0.15) is 25.7 Å². The summed E-state index contributed by atoms with van der Waals surface area (Å²) in [5.41, 5.74) is 1.89. The molecule has 162 valence electrons. The second-order valence-electron chi connectivity index (χ2n) is 8.08. The maximum atomic E-state index is 5.93. The molecule has 6 nitrogen and oxygen atoms in total. The molecule has 3 N–H and O–H groups in total. The fraction of sp³-hybridized carbons (Fsp3) is 0.348. The van der Waals surface area contributed by atoms with Crippen LogP contribution in [-0.4, -0.2) is 41.3 Å². The zero-order chi connectivity index (χ0) is 21.8. The van der Waals surface area contributed by atoms with E-state index in [4.69, 9.17) is 33.8 Å². The van der Waals surface area contributed by atoms with Crippen molar-refractivity contribution in [2.75, 3.05) is 29.6 Å². The zero-order valence-electron chi connectivity index (χ0n) is 17.7. The third kappa shape index (κ3) is 5.54. The summed E-state index contributed by atoms with van der Waals surface area (Å²) in [7, 11) is 4.02. The van der Waals surface area contributed by atoms with Gasteiger partial charge in [0.15, 0.2) is 5.11 Å². The van der Waals surface area contributed by atoms with E-state index < -0.39 is 0 Å². The molecule has 0 spiro atoms. The molecule has 2 aromatic carbocycles. The topological polar surface area (TPSA) is 65.1 Å². The number of fused-ring (bicyclic) bond motifs is 1. The van der Waals surface area contributed by atoms with E-state index in [1.165, 1.54) is 0 Å². The highest BCUT2D eigenvalue weighted by atomic mass is 35.5. The van der Waals surface area contributed by atoms with Gasteiger partial charge in [-0.3, -0.25) is 0 Å². The highest BCUT2D eigenvalue weighted by Gasteiger charge is 2.22. The molecule has 0 aliphatic heterocycles. The molecule has 4 rings (SSSR count). The van der Waals surface area contributed by atoms with Crippen LogP contribution in [0.15, 0.2) is 48.5 Å². The van der Waals surface area contributed by atoms with Crippen LogP contribution in [0, 0.1) is 0 Å². The number of para-hydroxylation sites is 1. The smallest absolute Gasteiger partial charge is 0.225 e. The molecule has 0 atom stereocenters. The van der Waals surface area contributed by atoms with Crippen molar-refractivity contribution in [3.8, 4) is 0 Å². The van der Waals surface area contributed by atoms with Gasteiger partial charge in [-0.15, -0.1) is 0 Å². The maximum absolute atomic E-state index is 5.93. The second kappa shape index (κ2) is 9.66. The third-order valence-electron chi connectivity index (χ3n) is 5.50. The second-order valence-corrected chi connectivity index (χ2v) is 8.93. The Balaban J connectivity index is 1.32. The van der Waals surface area contributed by atoms with Crippen molar-refractivity contribution in [3.05, 3.63) is 53.6 Å². The third-order valence-corrected chi connectivity index (χ3v) is 5.98. The van der Waals surface area contributed by atoms with Crippen molar-refractivity contribution in [3.63, 3.8) is 0 Å². The Kier molecular flexibility index (Phi) is 6.73. The predicted molar refractivity (Wildman–Crippen MR) is 134 cm³/mol. The molecule has 0 bridgehead atoms. The Labute approximate surface area is 193 Å². The summed E-state index contributed by atoms with van der Waals surface area (Å²) in [5, 5.41) is 12.6. The Morgan fingerprint density at radius 3 is 2.35 bits per heavy atom. The number of benzene rings is 2. The number of hydrogen-bond donors (Lipinski definition) is 3. The van der Waals surface area contributed by atoms with E-state index in [-0.39, 0.29) is 0 Å². The summed E-state index contributed by atoms with van der Waals surface area (Å²) >= 11 is 11.4. The van der Waals surface area contributed by atoms with Crippen LogP contribution in [-0.2, 0) is 0 Å². The van der Waals surface area contributed by atoms with Crippen LogP contribution in [0.25, 0.3) is 10.9 Å². The van der Waals surface area contributed by atoms with Crippen LogP contribution in [0.5, 0.6) is 0 Å². The average Bonchev–Trinajstić information content (AvgIpc) is 2.76. The zero-order valence-corrected chi connectivity index (χ0v) is 19.3. The van der Waals surface area contributed by atoms with Gasteiger partial charge in [0.05, 0.1) is 5.52 Å². The van der Waals surface area contributed by atoms with Gasteiger partial charge in [0.25, 0.3) is 0 Å². The highest BCUT2D eigenvalue weighted by Crippen LogP contribution is 2.26. The Hall–Kier alpha value is -2.64. The first kappa shape index (κ1) is 21.6. The number of anilines is 3. The van der Waals surface area contributed by atoms with E-state index in [1.54, 1.807) is 0 Å². The normalized spacial score (nSPS) is 18.4. The molecule has 1 aliphatic rings.